The van der Waals surface area contributed by atoms with Gasteiger partial charge in [-0.2, -0.15) is 0 Å². The second kappa shape index (κ2) is 13.7. The quantitative estimate of drug-likeness (QED) is 0.116. The van der Waals surface area contributed by atoms with E-state index in [2.05, 4.69) is 40.8 Å². The molecule has 1 aromatic heterocycles. The predicted octanol–water partition coefficient (Wildman–Crippen LogP) is 6.37. The Morgan fingerprint density at radius 3 is 2.47 bits per heavy atom. The van der Waals surface area contributed by atoms with Gasteiger partial charge in [0.15, 0.2) is 11.3 Å². The second-order valence-corrected chi connectivity index (χ2v) is 21.7. The topological polar surface area (TPSA) is 153 Å². The highest BCUT2D eigenvalue weighted by atomic mass is 32.2. The van der Waals surface area contributed by atoms with Gasteiger partial charge in [-0.15, -0.1) is 6.42 Å². The number of aliphatic imine (C=N–C) groups is 1. The van der Waals surface area contributed by atoms with Gasteiger partial charge in [-0.3, -0.25) is 9.59 Å². The van der Waals surface area contributed by atoms with Crippen molar-refractivity contribution in [1.82, 2.24) is 14.9 Å². The Morgan fingerprint density at radius 2 is 1.90 bits per heavy atom. The third-order valence-corrected chi connectivity index (χ3v) is 11.9. The molecule has 0 spiro atoms. The molecule has 0 saturated heterocycles. The summed E-state index contributed by atoms with van der Waals surface area (Å²) in [4.78, 5) is 53.9. The van der Waals surface area contributed by atoms with Gasteiger partial charge in [0.25, 0.3) is 5.91 Å². The number of thioether (sulfide) groups is 1. The van der Waals surface area contributed by atoms with E-state index in [1.807, 2.05) is 0 Å². The number of benzene rings is 1. The minimum absolute atomic E-state index is 0.0339. The van der Waals surface area contributed by atoms with E-state index >= 15 is 4.39 Å². The lowest BCUT2D eigenvalue weighted by Crippen LogP contribution is -2.49. The number of amidine groups is 1. The molecule has 1 aliphatic carbocycles. The standard InChI is InChI=1S/C34H44FN5O7SSi/c1-11-21(2)46-26-18-36-25(17-37-26)27(41)38-22-12-13-24(35)23(16-22)33(7)32(6)19-34(32,28(42)43)48-29(39-33)40(30(44)47-31(3,4)5)20-45-14-15-49(8,9)10/h1,12-13,16-18,21H,14-15,19-20H2,2-10H3,(H,38,41)(H,42,43)/t21-,32?,33+,34+/m0/s1. The van der Waals surface area contributed by atoms with Crippen LogP contribution in [0.25, 0.3) is 0 Å². The first-order valence-corrected chi connectivity index (χ1v) is 20.3. The Hall–Kier alpha value is -4.00. The molecule has 1 aliphatic heterocycles. The molecule has 2 N–H and O–H groups in total. The van der Waals surface area contributed by atoms with Gasteiger partial charge in [0.05, 0.1) is 17.9 Å². The van der Waals surface area contributed by atoms with Gasteiger partial charge in [0, 0.05) is 31.3 Å². The Bertz CT molecular complexity index is 1690. The Kier molecular flexibility index (Phi) is 10.6. The molecule has 0 bridgehead atoms. The van der Waals surface area contributed by atoms with Crippen molar-refractivity contribution in [2.45, 2.75) is 95.6 Å². The monoisotopic (exact) mass is 713 g/mol. The third kappa shape index (κ3) is 8.08. The van der Waals surface area contributed by atoms with Crippen LogP contribution in [0.15, 0.2) is 35.6 Å². The molecular formula is C34H44FN5O7SSi. The first-order valence-electron chi connectivity index (χ1n) is 15.8. The van der Waals surface area contributed by atoms with E-state index in [4.69, 9.17) is 25.6 Å². The highest BCUT2D eigenvalue weighted by molar-refractivity contribution is 8.16. The summed E-state index contributed by atoms with van der Waals surface area (Å²) >= 11 is 0.938. The molecule has 2 heterocycles. The summed E-state index contributed by atoms with van der Waals surface area (Å²) < 4.78 is 31.5. The number of anilines is 1. The van der Waals surface area contributed by atoms with Crippen LogP contribution < -0.4 is 10.1 Å². The lowest BCUT2D eigenvalue weighted by Gasteiger charge is -2.42. The average molecular weight is 714 g/mol. The number of terminal acetylenes is 1. The van der Waals surface area contributed by atoms with Crippen LogP contribution in [0.5, 0.6) is 5.88 Å². The van der Waals surface area contributed by atoms with Crippen LogP contribution in [-0.2, 0) is 19.8 Å². The number of ether oxygens (including phenoxy) is 3. The summed E-state index contributed by atoms with van der Waals surface area (Å²) in [5.41, 5.74) is -3.22. The number of amides is 2. The molecular weight excluding hydrogens is 670 g/mol. The van der Waals surface area contributed by atoms with Crippen molar-refractivity contribution in [1.29, 1.82) is 0 Å². The van der Waals surface area contributed by atoms with E-state index in [-0.39, 0.29) is 41.1 Å². The Labute approximate surface area is 291 Å². The van der Waals surface area contributed by atoms with Crippen molar-refractivity contribution in [2.24, 2.45) is 10.4 Å². The highest BCUT2D eigenvalue weighted by Crippen LogP contribution is 2.75. The van der Waals surface area contributed by atoms with Gasteiger partial charge in [-0.1, -0.05) is 44.2 Å². The predicted molar refractivity (Wildman–Crippen MR) is 188 cm³/mol. The zero-order valence-electron chi connectivity index (χ0n) is 29.3. The molecule has 15 heteroatoms. The number of nitrogens with one attached hydrogen (secondary N) is 1. The zero-order chi connectivity index (χ0) is 36.6. The number of hydrogen-bond acceptors (Lipinski definition) is 10. The fourth-order valence-electron chi connectivity index (χ4n) is 5.41. The first kappa shape index (κ1) is 37.8. The van der Waals surface area contributed by atoms with E-state index in [0.29, 0.717) is 6.61 Å². The molecule has 2 aliphatic rings. The highest BCUT2D eigenvalue weighted by Gasteiger charge is 2.80. The molecule has 1 fully saturated rings. The number of halogens is 1. The first-order chi connectivity index (χ1) is 22.6. The maximum absolute atomic E-state index is 15.9. The van der Waals surface area contributed by atoms with Gasteiger partial charge >= 0.3 is 12.1 Å². The molecule has 12 nitrogen and oxygen atoms in total. The van der Waals surface area contributed by atoms with Gasteiger partial charge < -0.3 is 24.6 Å². The van der Waals surface area contributed by atoms with Gasteiger partial charge in [0.1, 0.15) is 28.6 Å². The molecule has 264 valence electrons. The molecule has 1 unspecified atom stereocenters. The Morgan fingerprint density at radius 1 is 1.20 bits per heavy atom. The summed E-state index contributed by atoms with van der Waals surface area (Å²) in [5, 5.41) is 13.3. The molecule has 2 amide bonds. The minimum Gasteiger partial charge on any atom is -0.480 e. The number of fused-ring (bicyclic) bond motifs is 1. The van der Waals surface area contributed by atoms with Crippen molar-refractivity contribution in [3.05, 3.63) is 47.7 Å². The summed E-state index contributed by atoms with van der Waals surface area (Å²) in [5.74, 6) is 0.143. The van der Waals surface area contributed by atoms with Crippen molar-refractivity contribution in [2.75, 3.05) is 18.7 Å². The molecule has 1 aromatic carbocycles. The van der Waals surface area contributed by atoms with E-state index < -0.39 is 59.3 Å². The SMILES string of the molecule is C#C[C@H](C)Oc1cnc(C(=O)Nc2ccc(F)c([C@@]3(C)N=C(N(COCC[Si](C)(C)C)C(=O)OC(C)(C)C)S[C@@]4(C(=O)O)CC43C)c2)cn1. The maximum atomic E-state index is 15.9. The summed E-state index contributed by atoms with van der Waals surface area (Å²) in [6.07, 6.45) is 6.64. The van der Waals surface area contributed by atoms with Crippen LogP contribution in [0.4, 0.5) is 14.9 Å². The second-order valence-electron chi connectivity index (χ2n) is 14.8. The van der Waals surface area contributed by atoms with Crippen molar-refractivity contribution in [3.8, 4) is 18.2 Å². The van der Waals surface area contributed by atoms with Crippen LogP contribution in [0.1, 0.15) is 64.0 Å². The van der Waals surface area contributed by atoms with Gasteiger partial charge in [-0.25, -0.2) is 29.0 Å². The normalized spacial score (nSPS) is 23.7. The fraction of sp³-hybridized carbons (Fsp3) is 0.529. The number of aliphatic carboxylic acids is 1. The van der Waals surface area contributed by atoms with Gasteiger partial charge in [0.2, 0.25) is 5.88 Å². The van der Waals surface area contributed by atoms with Crippen molar-refractivity contribution >= 4 is 48.7 Å². The van der Waals surface area contributed by atoms with Crippen LogP contribution in [-0.4, -0.2) is 81.0 Å². The average Bonchev–Trinajstić information content (AvgIpc) is 3.64. The van der Waals surface area contributed by atoms with Crippen molar-refractivity contribution in [3.63, 3.8) is 0 Å². The molecule has 4 atom stereocenters. The minimum atomic E-state index is -1.50. The van der Waals surface area contributed by atoms with Crippen molar-refractivity contribution < 1.29 is 38.1 Å². The molecule has 0 radical (unpaired) electrons. The Balaban J connectivity index is 1.72. The lowest BCUT2D eigenvalue weighted by atomic mass is 9.76. The van der Waals surface area contributed by atoms with E-state index in [1.54, 1.807) is 41.5 Å². The maximum Gasteiger partial charge on any atom is 0.418 e. The molecule has 49 heavy (non-hydrogen) atoms. The largest absolute Gasteiger partial charge is 0.480 e. The summed E-state index contributed by atoms with van der Waals surface area (Å²) in [6, 6.07) is 4.81. The third-order valence-electron chi connectivity index (χ3n) is 8.58. The molecule has 2 aromatic rings. The van der Waals surface area contributed by atoms with Gasteiger partial charge in [-0.05, 0) is 65.3 Å². The molecule has 4 rings (SSSR count). The smallest absolute Gasteiger partial charge is 0.418 e. The van der Waals surface area contributed by atoms with Crippen LogP contribution in [0, 0.1) is 23.6 Å². The lowest BCUT2D eigenvalue weighted by molar-refractivity contribution is -0.138. The number of nitrogens with zero attached hydrogens (tertiary/aromatic N) is 4. The number of carbonyl (C=O) groups is 3. The number of hydrogen-bond donors (Lipinski definition) is 2. The number of carboxylic acids is 1. The number of carbonyl (C=O) groups excluding carboxylic acids is 2. The van der Waals surface area contributed by atoms with Crippen LogP contribution in [0.2, 0.25) is 25.7 Å². The number of rotatable bonds is 11. The number of carboxylic acid groups (broad SMARTS) is 1. The van der Waals surface area contributed by atoms with Crippen LogP contribution >= 0.6 is 11.8 Å². The van der Waals surface area contributed by atoms with E-state index in [9.17, 15) is 19.5 Å². The number of aromatic nitrogens is 2. The summed E-state index contributed by atoms with van der Waals surface area (Å²) in [6.45, 7) is 16.9. The fourth-order valence-corrected chi connectivity index (χ4v) is 7.81. The van der Waals surface area contributed by atoms with Crippen LogP contribution in [0.3, 0.4) is 0 Å². The van der Waals surface area contributed by atoms with E-state index in [1.165, 1.54) is 35.5 Å². The van der Waals surface area contributed by atoms with E-state index in [0.717, 1.165) is 17.8 Å². The zero-order valence-corrected chi connectivity index (χ0v) is 31.2. The molecule has 1 saturated carbocycles. The summed E-state index contributed by atoms with van der Waals surface area (Å²) in [7, 11) is -1.46.